The molecular formula is C18H13ClF3NO2. The fourth-order valence-corrected chi connectivity index (χ4v) is 2.69. The van der Waals surface area contributed by atoms with Crippen LogP contribution >= 0.6 is 11.6 Å². The lowest BCUT2D eigenvalue weighted by Gasteiger charge is -2.15. The number of ether oxygens (including phenoxy) is 1. The number of hydrogen-bond donors (Lipinski definition) is 1. The Hall–Kier alpha value is -2.31. The Morgan fingerprint density at radius 2 is 1.88 bits per heavy atom. The molecule has 0 atom stereocenters. The molecule has 0 aliphatic carbocycles. The highest BCUT2D eigenvalue weighted by molar-refractivity contribution is 6.35. The number of pyridine rings is 1. The van der Waals surface area contributed by atoms with Gasteiger partial charge in [0.1, 0.15) is 12.4 Å². The molecule has 1 heterocycles. The van der Waals surface area contributed by atoms with Crippen LogP contribution in [0.25, 0.3) is 22.2 Å². The van der Waals surface area contributed by atoms with Crippen LogP contribution in [0.15, 0.2) is 48.5 Å². The number of halogens is 4. The normalized spacial score (nSPS) is 11.7. The highest BCUT2D eigenvalue weighted by atomic mass is 35.5. The molecule has 0 radical (unpaired) electrons. The predicted molar refractivity (Wildman–Crippen MR) is 89.8 cm³/mol. The highest BCUT2D eigenvalue weighted by Crippen LogP contribution is 2.39. The van der Waals surface area contributed by atoms with Crippen LogP contribution < -0.4 is 4.74 Å². The lowest BCUT2D eigenvalue weighted by Crippen LogP contribution is -2.11. The predicted octanol–water partition coefficient (Wildman–Crippen LogP) is 4.95. The Morgan fingerprint density at radius 1 is 1.08 bits per heavy atom. The first-order valence-electron chi connectivity index (χ1n) is 7.40. The minimum atomic E-state index is -4.59. The fraction of sp³-hybridized carbons (Fsp3) is 0.167. The van der Waals surface area contributed by atoms with Gasteiger partial charge in [0.15, 0.2) is 0 Å². The average molecular weight is 368 g/mol. The van der Waals surface area contributed by atoms with E-state index in [4.69, 9.17) is 21.4 Å². The molecule has 0 fully saturated rings. The molecule has 0 saturated carbocycles. The number of aliphatic hydroxyl groups excluding tert-OH is 1. The first-order valence-corrected chi connectivity index (χ1v) is 7.78. The lowest BCUT2D eigenvalue weighted by atomic mass is 10.0. The minimum Gasteiger partial charge on any atom is -0.491 e. The fourth-order valence-electron chi connectivity index (χ4n) is 2.46. The summed E-state index contributed by atoms with van der Waals surface area (Å²) in [5.41, 5.74) is 0.278. The molecule has 0 aliphatic rings. The SMILES string of the molecule is OCCOc1ccc(-c2ccc3cccc(Cl)c3n2)cc1C(F)(F)F. The van der Waals surface area contributed by atoms with Crippen LogP contribution in [0.5, 0.6) is 5.75 Å². The summed E-state index contributed by atoms with van der Waals surface area (Å²) < 4.78 is 44.9. The van der Waals surface area contributed by atoms with Crippen molar-refractivity contribution in [3.05, 3.63) is 59.1 Å². The molecule has 0 spiro atoms. The van der Waals surface area contributed by atoms with E-state index >= 15 is 0 Å². The molecule has 0 unspecified atom stereocenters. The second kappa shape index (κ2) is 6.90. The highest BCUT2D eigenvalue weighted by Gasteiger charge is 2.34. The number of fused-ring (bicyclic) bond motifs is 1. The lowest BCUT2D eigenvalue weighted by molar-refractivity contribution is -0.139. The molecule has 0 aliphatic heterocycles. The molecule has 3 rings (SSSR count). The van der Waals surface area contributed by atoms with Crippen molar-refractivity contribution >= 4 is 22.5 Å². The van der Waals surface area contributed by atoms with Gasteiger partial charge >= 0.3 is 6.18 Å². The smallest absolute Gasteiger partial charge is 0.419 e. The van der Waals surface area contributed by atoms with E-state index in [0.717, 1.165) is 11.5 Å². The van der Waals surface area contributed by atoms with Crippen LogP contribution in [0.3, 0.4) is 0 Å². The van der Waals surface area contributed by atoms with Crippen molar-refractivity contribution in [2.45, 2.75) is 6.18 Å². The van der Waals surface area contributed by atoms with E-state index in [9.17, 15) is 13.2 Å². The summed E-state index contributed by atoms with van der Waals surface area (Å²) in [6.07, 6.45) is -4.59. The van der Waals surface area contributed by atoms with Crippen LogP contribution in [0.4, 0.5) is 13.2 Å². The zero-order valence-electron chi connectivity index (χ0n) is 12.8. The average Bonchev–Trinajstić information content (AvgIpc) is 2.59. The van der Waals surface area contributed by atoms with E-state index in [1.807, 2.05) is 6.07 Å². The molecule has 3 aromatic rings. The van der Waals surface area contributed by atoms with Crippen molar-refractivity contribution in [2.75, 3.05) is 13.2 Å². The van der Waals surface area contributed by atoms with E-state index in [1.165, 1.54) is 12.1 Å². The van der Waals surface area contributed by atoms with Gasteiger partial charge in [0.2, 0.25) is 0 Å². The molecule has 0 amide bonds. The maximum Gasteiger partial charge on any atom is 0.419 e. The van der Waals surface area contributed by atoms with Crippen molar-refractivity contribution in [3.8, 4) is 17.0 Å². The van der Waals surface area contributed by atoms with Crippen LogP contribution in [0.2, 0.25) is 5.02 Å². The summed E-state index contributed by atoms with van der Waals surface area (Å²) >= 11 is 6.12. The monoisotopic (exact) mass is 367 g/mol. The van der Waals surface area contributed by atoms with Gasteiger partial charge in [-0.3, -0.25) is 0 Å². The quantitative estimate of drug-likeness (QED) is 0.709. The summed E-state index contributed by atoms with van der Waals surface area (Å²) in [7, 11) is 0. The number of alkyl halides is 3. The Balaban J connectivity index is 2.09. The maximum atomic E-state index is 13.3. The van der Waals surface area contributed by atoms with Crippen molar-refractivity contribution in [3.63, 3.8) is 0 Å². The molecule has 7 heteroatoms. The number of benzene rings is 2. The van der Waals surface area contributed by atoms with Crippen molar-refractivity contribution in [1.82, 2.24) is 4.98 Å². The first-order chi connectivity index (χ1) is 11.9. The molecule has 1 N–H and O–H groups in total. The van der Waals surface area contributed by atoms with Gasteiger partial charge in [-0.25, -0.2) is 4.98 Å². The molecule has 3 nitrogen and oxygen atoms in total. The molecule has 0 bridgehead atoms. The van der Waals surface area contributed by atoms with Crippen LogP contribution in [0, 0.1) is 0 Å². The van der Waals surface area contributed by atoms with Gasteiger partial charge in [-0.2, -0.15) is 13.2 Å². The van der Waals surface area contributed by atoms with Gasteiger partial charge in [0.05, 0.1) is 28.4 Å². The van der Waals surface area contributed by atoms with E-state index in [-0.39, 0.29) is 19.0 Å². The van der Waals surface area contributed by atoms with Gasteiger partial charge in [-0.15, -0.1) is 0 Å². The van der Waals surface area contributed by atoms with Crippen LogP contribution in [0.1, 0.15) is 5.56 Å². The van der Waals surface area contributed by atoms with E-state index in [2.05, 4.69) is 4.98 Å². The van der Waals surface area contributed by atoms with Gasteiger partial charge < -0.3 is 9.84 Å². The number of hydrogen-bond acceptors (Lipinski definition) is 3. The Bertz CT molecular complexity index is 912. The van der Waals surface area contributed by atoms with Gasteiger partial charge in [-0.05, 0) is 30.3 Å². The molecule has 0 saturated heterocycles. The van der Waals surface area contributed by atoms with Crippen molar-refractivity contribution in [1.29, 1.82) is 0 Å². The number of nitrogens with zero attached hydrogens (tertiary/aromatic N) is 1. The van der Waals surface area contributed by atoms with Crippen LogP contribution in [-0.4, -0.2) is 23.3 Å². The third-order valence-electron chi connectivity index (χ3n) is 3.60. The number of rotatable bonds is 4. The number of para-hydroxylation sites is 1. The summed E-state index contributed by atoms with van der Waals surface area (Å²) in [6, 6.07) is 12.4. The summed E-state index contributed by atoms with van der Waals surface area (Å²) in [6.45, 7) is -0.587. The second-order valence-electron chi connectivity index (χ2n) is 5.29. The first kappa shape index (κ1) is 17.5. The second-order valence-corrected chi connectivity index (χ2v) is 5.70. The van der Waals surface area contributed by atoms with Gasteiger partial charge in [0.25, 0.3) is 0 Å². The van der Waals surface area contributed by atoms with Crippen molar-refractivity contribution in [2.24, 2.45) is 0 Å². The topological polar surface area (TPSA) is 42.4 Å². The third-order valence-corrected chi connectivity index (χ3v) is 3.91. The zero-order valence-corrected chi connectivity index (χ0v) is 13.6. The third kappa shape index (κ3) is 3.70. The van der Waals surface area contributed by atoms with Gasteiger partial charge in [-0.1, -0.05) is 29.8 Å². The Kier molecular flexibility index (Phi) is 4.83. The van der Waals surface area contributed by atoms with Crippen molar-refractivity contribution < 1.29 is 23.0 Å². The van der Waals surface area contributed by atoms with E-state index < -0.39 is 11.7 Å². The molecule has 2 aromatic carbocycles. The molecular weight excluding hydrogens is 355 g/mol. The minimum absolute atomic E-state index is 0.216. The summed E-state index contributed by atoms with van der Waals surface area (Å²) in [5, 5.41) is 9.98. The summed E-state index contributed by atoms with van der Waals surface area (Å²) in [4.78, 5) is 4.38. The number of aliphatic hydroxyl groups is 1. The number of aromatic nitrogens is 1. The molecule has 25 heavy (non-hydrogen) atoms. The van der Waals surface area contributed by atoms with Crippen LogP contribution in [-0.2, 0) is 6.18 Å². The Morgan fingerprint density at radius 3 is 2.60 bits per heavy atom. The van der Waals surface area contributed by atoms with Gasteiger partial charge in [0, 0.05) is 10.9 Å². The van der Waals surface area contributed by atoms with E-state index in [0.29, 0.717) is 21.8 Å². The molecule has 130 valence electrons. The molecule has 1 aromatic heterocycles. The maximum absolute atomic E-state index is 13.3. The zero-order chi connectivity index (χ0) is 18.0. The van der Waals surface area contributed by atoms with E-state index in [1.54, 1.807) is 24.3 Å². The summed E-state index contributed by atoms with van der Waals surface area (Å²) in [5.74, 6) is -0.330. The Labute approximate surface area is 146 Å². The largest absolute Gasteiger partial charge is 0.491 e. The standard InChI is InChI=1S/C18H13ClF3NO2/c19-14-3-1-2-11-4-6-15(23-17(11)14)12-5-7-16(25-9-8-24)13(10-12)18(20,21)22/h1-7,10,24H,8-9H2.